The van der Waals surface area contributed by atoms with E-state index >= 15 is 0 Å². The van der Waals surface area contributed by atoms with E-state index in [1.54, 1.807) is 35.1 Å². The topological polar surface area (TPSA) is 379 Å². The SMILES string of the molecule is N=C1C(C2CO2)N[C@@H]2[C@H](CCCCC(=O)N[C@@H](Cc3cn(CCOCCOCCOCCOc4ccc(CCO[C@@H]5O[C@H](CO)[C@@H](O)[C@H](O)[C@H]5O)cc4)nn3)C(=O)NCC(=O)Nc3ccc4c(c3)C(=O)OC43c4ccc(O)cc4Oc4cc(O)ccc43)SC[C@H]12. The van der Waals surface area contributed by atoms with E-state index in [4.69, 9.17) is 48.0 Å². The molecule has 28 heteroatoms. The number of fused-ring (bicyclic) bond motifs is 7. The highest BCUT2D eigenvalue weighted by Crippen LogP contribution is 2.57. The van der Waals surface area contributed by atoms with Crippen molar-refractivity contribution in [1.82, 2.24) is 30.9 Å². The molecule has 11 atom stereocenters. The normalized spacial score (nSPS) is 24.5. The molecule has 0 saturated carbocycles. The number of ether oxygens (including phenoxy) is 9. The lowest BCUT2D eigenvalue weighted by atomic mass is 9.77. The first kappa shape index (κ1) is 64.2. The molecule has 0 aliphatic carbocycles. The van der Waals surface area contributed by atoms with Gasteiger partial charge >= 0.3 is 5.97 Å². The molecule has 1 aromatic heterocycles. The fourth-order valence-corrected chi connectivity index (χ4v) is 13.5. The standard InChI is InChI=1S/C62H74N8O19S/c63-53-41-33-90-50(54(41)67-55(53)49-32-86-49)3-1-2-4-51(74)66-45(59(79)64-29-52(75)65-35-7-12-42-40(25-35)60(80)89-62(42)43-13-8-37(72)27-46(43)87-47-28-38(73)9-14-44(47)62)26-36-30-70(69-68-36)16-18-81-19-20-82-21-22-83-23-24-84-39-10-5-34(6-11-39)15-17-85-61-58(78)57(77)56(76)48(31-71)88-61/h5-14,25,27-28,30,41,45,48-50,54-58,61,63,67,71-73,76-78H,1-4,15-24,26,29,31-33H2,(H,64,79)(H,65,75)(H,66,74)/t41-,45+,48-,49?,50+,54+,55?,56-,57+,58-,61-/m1/s1. The molecule has 0 bridgehead atoms. The number of rotatable bonds is 31. The number of benzene rings is 4. The van der Waals surface area contributed by atoms with Gasteiger partial charge in [-0.25, -0.2) is 9.48 Å². The number of epoxide rings is 1. The van der Waals surface area contributed by atoms with Gasteiger partial charge in [0.15, 0.2) is 11.9 Å². The van der Waals surface area contributed by atoms with Crippen molar-refractivity contribution >= 4 is 46.9 Å². The Labute approximate surface area is 521 Å². The molecule has 1 spiro atoms. The molecule has 0 radical (unpaired) electrons. The molecule has 4 saturated heterocycles. The number of aliphatic hydroxyl groups is 4. The number of esters is 1. The first-order valence-corrected chi connectivity index (χ1v) is 31.1. The predicted molar refractivity (Wildman–Crippen MR) is 320 cm³/mol. The highest BCUT2D eigenvalue weighted by atomic mass is 32.2. The van der Waals surface area contributed by atoms with Crippen LogP contribution in [0.15, 0.2) is 85.1 Å². The number of phenols is 2. The quantitative estimate of drug-likeness (QED) is 0.0170. The molecule has 5 aromatic rings. The molecule has 11 rings (SSSR count). The van der Waals surface area contributed by atoms with Crippen molar-refractivity contribution < 1.29 is 92.4 Å². The Balaban J connectivity index is 0.608. The minimum atomic E-state index is -1.50. The van der Waals surface area contributed by atoms with Gasteiger partial charge in [0, 0.05) is 82.2 Å². The van der Waals surface area contributed by atoms with Crippen molar-refractivity contribution in [2.75, 3.05) is 83.7 Å². The number of aromatic nitrogens is 3. The molecule has 6 aliphatic heterocycles. The van der Waals surface area contributed by atoms with Crippen LogP contribution in [0.3, 0.4) is 0 Å². The number of thioether (sulfide) groups is 1. The van der Waals surface area contributed by atoms with Gasteiger partial charge in [0.05, 0.1) is 89.9 Å². The van der Waals surface area contributed by atoms with Gasteiger partial charge < -0.3 is 99.9 Å². The molecule has 11 N–H and O–H groups in total. The number of hydrogen-bond acceptors (Lipinski definition) is 24. The number of unbranched alkanes of at least 4 members (excludes halogenated alkanes) is 1. The van der Waals surface area contributed by atoms with E-state index in [9.17, 15) is 49.8 Å². The van der Waals surface area contributed by atoms with Crippen molar-refractivity contribution in [3.8, 4) is 28.7 Å². The number of nitrogens with zero attached hydrogens (tertiary/aromatic N) is 3. The molecule has 2 unspecified atom stereocenters. The Kier molecular flexibility index (Phi) is 20.9. The summed E-state index contributed by atoms with van der Waals surface area (Å²) >= 11 is 1.86. The Bertz CT molecular complexity index is 3300. The minimum absolute atomic E-state index is 0.0236. The van der Waals surface area contributed by atoms with Crippen LogP contribution in [0.2, 0.25) is 0 Å². The van der Waals surface area contributed by atoms with E-state index in [0.29, 0.717) is 99.0 Å². The molecule has 3 amide bonds. The van der Waals surface area contributed by atoms with Crippen LogP contribution in [0, 0.1) is 11.3 Å². The zero-order valence-electron chi connectivity index (χ0n) is 49.1. The van der Waals surface area contributed by atoms with Crippen LogP contribution in [0.4, 0.5) is 5.69 Å². The van der Waals surface area contributed by atoms with Gasteiger partial charge in [-0.05, 0) is 73.4 Å². The lowest BCUT2D eigenvalue weighted by molar-refractivity contribution is -0.300. The number of phenolic OH excluding ortho intramolecular Hbond substituents is 2. The number of hydrogen-bond donors (Lipinski definition) is 11. The average molecular weight is 1270 g/mol. The van der Waals surface area contributed by atoms with Crippen molar-refractivity contribution in [2.45, 2.75) is 111 Å². The molecule has 4 fully saturated rings. The predicted octanol–water partition coefficient (Wildman–Crippen LogP) is 1.58. The Morgan fingerprint density at radius 2 is 1.53 bits per heavy atom. The summed E-state index contributed by atoms with van der Waals surface area (Å²) in [7, 11) is 0. The Morgan fingerprint density at radius 3 is 2.24 bits per heavy atom. The third-order valence-corrected chi connectivity index (χ3v) is 18.1. The molecule has 90 heavy (non-hydrogen) atoms. The third kappa shape index (κ3) is 15.0. The molecular formula is C62H74N8O19S. The molecule has 482 valence electrons. The zero-order chi connectivity index (χ0) is 62.9. The van der Waals surface area contributed by atoms with Crippen LogP contribution >= 0.6 is 11.8 Å². The van der Waals surface area contributed by atoms with Gasteiger partial charge in [-0.15, -0.1) is 5.10 Å². The second-order valence-electron chi connectivity index (χ2n) is 22.7. The lowest BCUT2D eigenvalue weighted by Gasteiger charge is -2.39. The summed E-state index contributed by atoms with van der Waals surface area (Å²) < 4.78 is 53.0. The number of aromatic hydroxyl groups is 2. The van der Waals surface area contributed by atoms with Crippen LogP contribution in [0.25, 0.3) is 0 Å². The number of aliphatic hydroxyl groups excluding tert-OH is 4. The summed E-state index contributed by atoms with van der Waals surface area (Å²) in [6, 6.07) is 20.0. The molecule has 27 nitrogen and oxygen atoms in total. The van der Waals surface area contributed by atoms with Gasteiger partial charge in [0.25, 0.3) is 0 Å². The summed E-state index contributed by atoms with van der Waals surface area (Å²) in [5, 5.41) is 89.3. The largest absolute Gasteiger partial charge is 0.508 e. The molecule has 4 aromatic carbocycles. The van der Waals surface area contributed by atoms with Crippen LogP contribution in [-0.4, -0.2) is 214 Å². The highest BCUT2D eigenvalue weighted by molar-refractivity contribution is 8.00. The maximum absolute atomic E-state index is 13.9. The van der Waals surface area contributed by atoms with E-state index in [1.165, 1.54) is 30.3 Å². The second kappa shape index (κ2) is 29.3. The van der Waals surface area contributed by atoms with Crippen LogP contribution in [-0.2, 0) is 72.5 Å². The van der Waals surface area contributed by atoms with Gasteiger partial charge in [-0.3, -0.25) is 14.4 Å². The highest BCUT2D eigenvalue weighted by Gasteiger charge is 2.55. The monoisotopic (exact) mass is 1270 g/mol. The van der Waals surface area contributed by atoms with Gasteiger partial charge in [-0.2, -0.15) is 11.8 Å². The van der Waals surface area contributed by atoms with Gasteiger partial charge in [0.2, 0.25) is 17.7 Å². The van der Waals surface area contributed by atoms with E-state index in [0.717, 1.165) is 29.9 Å². The summed E-state index contributed by atoms with van der Waals surface area (Å²) in [6.07, 6.45) is -2.08. The zero-order valence-corrected chi connectivity index (χ0v) is 49.9. The first-order chi connectivity index (χ1) is 43.6. The van der Waals surface area contributed by atoms with Crippen LogP contribution < -0.4 is 30.7 Å². The number of carbonyl (C=O) groups is 4. The van der Waals surface area contributed by atoms with Crippen molar-refractivity contribution in [3.05, 3.63) is 119 Å². The van der Waals surface area contributed by atoms with Crippen molar-refractivity contribution in [2.24, 2.45) is 5.92 Å². The average Bonchev–Trinajstić information content (AvgIpc) is 1.47. The fourth-order valence-electron chi connectivity index (χ4n) is 11.9. The first-order valence-electron chi connectivity index (χ1n) is 30.1. The number of amides is 3. The summed E-state index contributed by atoms with van der Waals surface area (Å²) in [6.45, 7) is 2.39. The lowest BCUT2D eigenvalue weighted by Crippen LogP contribution is -2.59. The maximum Gasteiger partial charge on any atom is 0.340 e. The smallest absolute Gasteiger partial charge is 0.340 e. The summed E-state index contributed by atoms with van der Waals surface area (Å²) in [5.41, 5.74) is 2.27. The number of carbonyl (C=O) groups excluding carboxylic acids is 4. The van der Waals surface area contributed by atoms with Crippen molar-refractivity contribution in [1.29, 1.82) is 5.41 Å². The Hall–Kier alpha value is -7.32. The van der Waals surface area contributed by atoms with Crippen LogP contribution in [0.5, 0.6) is 28.7 Å². The van der Waals surface area contributed by atoms with E-state index in [1.807, 2.05) is 36.0 Å². The second-order valence-corrected chi connectivity index (χ2v) is 24.0. The van der Waals surface area contributed by atoms with Gasteiger partial charge in [-0.1, -0.05) is 29.8 Å². The third-order valence-electron chi connectivity index (χ3n) is 16.6. The van der Waals surface area contributed by atoms with Gasteiger partial charge in [0.1, 0.15) is 71.9 Å². The number of anilines is 1. The molecule has 7 heterocycles. The van der Waals surface area contributed by atoms with E-state index < -0.39 is 73.3 Å². The molecule has 6 aliphatic rings. The Morgan fingerprint density at radius 1 is 0.833 bits per heavy atom. The minimum Gasteiger partial charge on any atom is -0.508 e. The number of nitrogens with one attached hydrogen (secondary N) is 5. The van der Waals surface area contributed by atoms with E-state index in [-0.39, 0.29) is 90.3 Å². The summed E-state index contributed by atoms with van der Waals surface area (Å²) in [5.74, 6) is -0.302. The molecular weight excluding hydrogens is 1190 g/mol. The summed E-state index contributed by atoms with van der Waals surface area (Å²) in [4.78, 5) is 54.7. The van der Waals surface area contributed by atoms with Crippen molar-refractivity contribution in [3.63, 3.8) is 0 Å². The van der Waals surface area contributed by atoms with E-state index in [2.05, 4.69) is 31.6 Å². The maximum atomic E-state index is 13.9. The fraction of sp³-hybridized carbons (Fsp3) is 0.500. The van der Waals surface area contributed by atoms with Crippen LogP contribution in [0.1, 0.15) is 64.0 Å².